The van der Waals surface area contributed by atoms with E-state index in [0.717, 1.165) is 37.6 Å². The molecule has 2 aromatic rings. The molecule has 2 rings (SSSR count). The van der Waals surface area contributed by atoms with Gasteiger partial charge in [-0.1, -0.05) is 53.4 Å². The number of methoxy groups -OCH3 is 1. The molecule has 0 aliphatic carbocycles. The molecule has 5 atom stereocenters. The number of amides is 2. The summed E-state index contributed by atoms with van der Waals surface area (Å²) in [5, 5.41) is 15.5. The molecule has 0 fully saturated rings. The second kappa shape index (κ2) is 18.5. The zero-order valence-corrected chi connectivity index (χ0v) is 31.9. The number of hydrogen-bond donors (Lipinski definition) is 5. The topological polar surface area (TPSA) is 153 Å². The van der Waals surface area contributed by atoms with Gasteiger partial charge in [0.2, 0.25) is 11.8 Å². The lowest BCUT2D eigenvalue weighted by atomic mass is 9.74. The summed E-state index contributed by atoms with van der Waals surface area (Å²) in [5.74, 6) is -0.641. The van der Waals surface area contributed by atoms with Crippen molar-refractivity contribution < 1.29 is 24.2 Å². The summed E-state index contributed by atoms with van der Waals surface area (Å²) in [6.07, 6.45) is 3.95. The van der Waals surface area contributed by atoms with Crippen LogP contribution >= 0.6 is 0 Å². The first-order valence-electron chi connectivity index (χ1n) is 17.6. The van der Waals surface area contributed by atoms with E-state index in [0.29, 0.717) is 13.0 Å². The average molecular weight is 675 g/mol. The van der Waals surface area contributed by atoms with Crippen LogP contribution in [0.2, 0.25) is 25.7 Å². The van der Waals surface area contributed by atoms with Crippen molar-refractivity contribution in [3.63, 3.8) is 0 Å². The minimum atomic E-state index is -1.25. The van der Waals surface area contributed by atoms with Crippen molar-refractivity contribution in [3.8, 4) is 0 Å². The quantitative estimate of drug-likeness (QED) is 0.0783. The number of aromatic amines is 1. The highest BCUT2D eigenvalue weighted by Gasteiger charge is 2.34. The highest BCUT2D eigenvalue weighted by molar-refractivity contribution is 6.76. The monoisotopic (exact) mass is 674 g/mol. The fourth-order valence-corrected chi connectivity index (χ4v) is 6.87. The van der Waals surface area contributed by atoms with E-state index in [1.165, 1.54) is 16.5 Å². The number of primary amides is 1. The van der Waals surface area contributed by atoms with E-state index in [9.17, 15) is 14.7 Å². The van der Waals surface area contributed by atoms with Crippen LogP contribution in [0.15, 0.2) is 24.4 Å². The Kier molecular flexibility index (Phi) is 16.1. The molecular formula is C37H66N4O5Si. The summed E-state index contributed by atoms with van der Waals surface area (Å²) in [6.45, 7) is 21.0. The smallest absolute Gasteiger partial charge is 0.224 e. The number of H-pyrrole nitrogens is 1. The molecular weight excluding hydrogens is 609 g/mol. The maximum Gasteiger partial charge on any atom is 0.224 e. The molecule has 2 amide bonds. The van der Waals surface area contributed by atoms with Crippen LogP contribution in [0.5, 0.6) is 0 Å². The van der Waals surface area contributed by atoms with E-state index >= 15 is 0 Å². The molecule has 9 nitrogen and oxygen atoms in total. The molecule has 47 heavy (non-hydrogen) atoms. The van der Waals surface area contributed by atoms with Crippen molar-refractivity contribution in [2.45, 2.75) is 111 Å². The lowest BCUT2D eigenvalue weighted by molar-refractivity contribution is -0.130. The van der Waals surface area contributed by atoms with Crippen LogP contribution in [0.25, 0.3) is 10.9 Å². The molecule has 0 aliphatic rings. The summed E-state index contributed by atoms with van der Waals surface area (Å²) < 4.78 is 11.7. The molecule has 0 spiro atoms. The lowest BCUT2D eigenvalue weighted by Gasteiger charge is -2.35. The number of benzene rings is 1. The Hall–Kier alpha value is -2.24. The number of aliphatic hydroxyl groups is 1. The van der Waals surface area contributed by atoms with Crippen molar-refractivity contribution in [1.29, 1.82) is 0 Å². The van der Waals surface area contributed by atoms with E-state index in [2.05, 4.69) is 68.2 Å². The van der Waals surface area contributed by atoms with Crippen molar-refractivity contribution in [2.24, 2.45) is 40.6 Å². The van der Waals surface area contributed by atoms with Gasteiger partial charge in [0.25, 0.3) is 0 Å². The fourth-order valence-electron chi connectivity index (χ4n) is 6.11. The lowest BCUT2D eigenvalue weighted by Crippen LogP contribution is -2.46. The number of carbonyl (C=O) groups excluding carboxylic acids is 2. The minimum absolute atomic E-state index is 0.0203. The maximum absolute atomic E-state index is 13.2. The molecule has 0 radical (unpaired) electrons. The first-order valence-corrected chi connectivity index (χ1v) is 21.3. The summed E-state index contributed by atoms with van der Waals surface area (Å²) in [5.41, 5.74) is 15.0. The third-order valence-electron chi connectivity index (χ3n) is 9.73. The maximum atomic E-state index is 13.2. The molecule has 1 heterocycles. The third-order valence-corrected chi connectivity index (χ3v) is 11.4. The first-order chi connectivity index (χ1) is 21.9. The van der Waals surface area contributed by atoms with E-state index in [-0.39, 0.29) is 42.5 Å². The Labute approximate surface area is 285 Å². The first kappa shape index (κ1) is 40.9. The fraction of sp³-hybridized carbons (Fsp3) is 0.730. The number of fused-ring (bicyclic) bond motifs is 1. The van der Waals surface area contributed by atoms with Gasteiger partial charge in [0.05, 0.1) is 18.1 Å². The molecule has 0 saturated heterocycles. The Bertz CT molecular complexity index is 1260. The van der Waals surface area contributed by atoms with Gasteiger partial charge in [-0.2, -0.15) is 0 Å². The van der Waals surface area contributed by atoms with Gasteiger partial charge in [-0.15, -0.1) is 0 Å². The van der Waals surface area contributed by atoms with Crippen molar-refractivity contribution in [2.75, 3.05) is 33.5 Å². The summed E-state index contributed by atoms with van der Waals surface area (Å²) in [4.78, 5) is 28.4. The van der Waals surface area contributed by atoms with E-state index in [1.807, 2.05) is 13.8 Å². The highest BCUT2D eigenvalue weighted by atomic mass is 28.3. The van der Waals surface area contributed by atoms with Gasteiger partial charge in [0, 0.05) is 69.9 Å². The number of hydrogen-bond acceptors (Lipinski definition) is 6. The zero-order chi connectivity index (χ0) is 35.5. The average Bonchev–Trinajstić information content (AvgIpc) is 3.38. The number of aromatic nitrogens is 1. The molecule has 5 unspecified atom stereocenters. The molecule has 1 aromatic heterocycles. The highest BCUT2D eigenvalue weighted by Crippen LogP contribution is 2.37. The molecule has 0 aliphatic heterocycles. The van der Waals surface area contributed by atoms with Crippen LogP contribution in [0.1, 0.15) is 77.8 Å². The van der Waals surface area contributed by atoms with Crippen LogP contribution in [-0.4, -0.2) is 75.6 Å². The van der Waals surface area contributed by atoms with Gasteiger partial charge in [0.1, 0.15) is 0 Å². The summed E-state index contributed by atoms with van der Waals surface area (Å²) in [6, 6.07) is 7.25. The Balaban J connectivity index is 2.31. The number of aryl methyl sites for hydroxylation is 1. The minimum Gasteiger partial charge on any atom is -0.391 e. The van der Waals surface area contributed by atoms with Crippen LogP contribution in [0.3, 0.4) is 0 Å². The zero-order valence-electron chi connectivity index (χ0n) is 30.9. The normalized spacial score (nSPS) is 16.0. The van der Waals surface area contributed by atoms with E-state index < -0.39 is 37.5 Å². The number of carbonyl (C=O) groups is 2. The molecule has 1 aromatic carbocycles. The van der Waals surface area contributed by atoms with E-state index in [1.54, 1.807) is 21.0 Å². The molecule has 268 valence electrons. The predicted molar refractivity (Wildman–Crippen MR) is 196 cm³/mol. The summed E-state index contributed by atoms with van der Waals surface area (Å²) in [7, 11) is 0.481. The standard InChI is InChI=1S/C37H66N4O5Si/c1-24(2)28(19-32(38)34(42)20-29(25(3)4)35(43)41-23-37(5,6)36(39)44)31(22-46-16-17-47(8,9)10)26-13-14-33-30(18-26)27(21-40-33)12-11-15-45-7/h13-14,18,21,24-25,28-29,31-32,34,40,42H,11-12,15-17,19-20,22-23,38H2,1-10H3,(H2,39,44)(H,41,43). The van der Waals surface area contributed by atoms with E-state index in [4.69, 9.17) is 20.9 Å². The van der Waals surface area contributed by atoms with Crippen LogP contribution in [0.4, 0.5) is 0 Å². The van der Waals surface area contributed by atoms with Gasteiger partial charge in [0.15, 0.2) is 0 Å². The Morgan fingerprint density at radius 2 is 1.74 bits per heavy atom. The van der Waals surface area contributed by atoms with Crippen LogP contribution in [-0.2, 0) is 25.5 Å². The molecule has 7 N–H and O–H groups in total. The van der Waals surface area contributed by atoms with Gasteiger partial charge in [-0.05, 0) is 86.6 Å². The second-order valence-corrected chi connectivity index (χ2v) is 21.8. The van der Waals surface area contributed by atoms with Crippen LogP contribution in [0, 0.1) is 29.1 Å². The molecule has 10 heteroatoms. The number of rotatable bonds is 22. The Morgan fingerprint density at radius 3 is 2.32 bits per heavy atom. The number of nitrogens with two attached hydrogens (primary N) is 2. The van der Waals surface area contributed by atoms with Crippen molar-refractivity contribution in [3.05, 3.63) is 35.5 Å². The molecule has 0 saturated carbocycles. The van der Waals surface area contributed by atoms with Crippen LogP contribution < -0.4 is 16.8 Å². The number of aliphatic hydroxyl groups excluding tert-OH is 1. The largest absolute Gasteiger partial charge is 0.391 e. The Morgan fingerprint density at radius 1 is 1.06 bits per heavy atom. The summed E-state index contributed by atoms with van der Waals surface area (Å²) >= 11 is 0. The predicted octanol–water partition coefficient (Wildman–Crippen LogP) is 5.83. The van der Waals surface area contributed by atoms with Crippen molar-refractivity contribution in [1.82, 2.24) is 10.3 Å². The SMILES string of the molecule is COCCCc1c[nH]c2ccc(C(COCC[Si](C)(C)C)C(CC(N)C(O)CC(C(=O)NCC(C)(C)C(N)=O)C(C)C)C(C)C)cc12. The number of ether oxygens (including phenoxy) is 2. The third kappa shape index (κ3) is 12.9. The second-order valence-electron chi connectivity index (χ2n) is 16.1. The van der Waals surface area contributed by atoms with Gasteiger partial charge in [-0.25, -0.2) is 0 Å². The van der Waals surface area contributed by atoms with Crippen molar-refractivity contribution >= 4 is 30.8 Å². The van der Waals surface area contributed by atoms with Gasteiger partial charge in [-0.3, -0.25) is 9.59 Å². The molecule has 0 bridgehead atoms. The number of nitrogens with one attached hydrogen (secondary N) is 2. The van der Waals surface area contributed by atoms with Gasteiger partial charge < -0.3 is 36.3 Å². The van der Waals surface area contributed by atoms with Gasteiger partial charge >= 0.3 is 0 Å².